The summed E-state index contributed by atoms with van der Waals surface area (Å²) in [7, 11) is 1.62. The Bertz CT molecular complexity index is 684. The lowest BCUT2D eigenvalue weighted by molar-refractivity contribution is 0.0505. The molecule has 2 aromatic rings. The Morgan fingerprint density at radius 2 is 1.54 bits per heavy atom. The van der Waals surface area contributed by atoms with E-state index in [0.717, 1.165) is 23.5 Å². The van der Waals surface area contributed by atoms with Crippen LogP contribution in [-0.4, -0.2) is 24.8 Å². The Morgan fingerprint density at radius 3 is 2.04 bits per heavy atom. The monoisotopic (exact) mass is 344 g/mol. The van der Waals surface area contributed by atoms with Gasteiger partial charge in [-0.25, -0.2) is 4.79 Å². The van der Waals surface area contributed by atoms with E-state index in [1.807, 2.05) is 31.2 Å². The highest BCUT2D eigenvalue weighted by Gasteiger charge is 2.06. The lowest BCUT2D eigenvalue weighted by Gasteiger charge is -2.11. The van der Waals surface area contributed by atoms with Crippen LogP contribution >= 0.6 is 12.2 Å². The van der Waals surface area contributed by atoms with Crippen LogP contribution in [0.4, 0.5) is 11.4 Å². The van der Waals surface area contributed by atoms with Crippen LogP contribution in [0.2, 0.25) is 0 Å². The SMILES string of the molecule is CCCOC(=O)c1ccc(NC(=S)Nc2ccc(OC)cc2)cc1. The Morgan fingerprint density at radius 1 is 1.00 bits per heavy atom. The van der Waals surface area contributed by atoms with E-state index < -0.39 is 0 Å². The lowest BCUT2D eigenvalue weighted by atomic mass is 10.2. The summed E-state index contributed by atoms with van der Waals surface area (Å²) >= 11 is 5.28. The van der Waals surface area contributed by atoms with E-state index in [-0.39, 0.29) is 5.97 Å². The fourth-order valence-corrected chi connectivity index (χ4v) is 2.17. The van der Waals surface area contributed by atoms with Gasteiger partial charge in [0.15, 0.2) is 5.11 Å². The van der Waals surface area contributed by atoms with Crippen LogP contribution < -0.4 is 15.4 Å². The molecule has 0 saturated heterocycles. The summed E-state index contributed by atoms with van der Waals surface area (Å²) in [4.78, 5) is 11.7. The average molecular weight is 344 g/mol. The molecular formula is C18H20N2O3S. The lowest BCUT2D eigenvalue weighted by Crippen LogP contribution is -2.19. The van der Waals surface area contributed by atoms with Crippen LogP contribution in [-0.2, 0) is 4.74 Å². The van der Waals surface area contributed by atoms with E-state index in [9.17, 15) is 4.79 Å². The number of anilines is 2. The fourth-order valence-electron chi connectivity index (χ4n) is 1.94. The van der Waals surface area contributed by atoms with Crippen LogP contribution in [0.15, 0.2) is 48.5 Å². The maximum atomic E-state index is 11.7. The van der Waals surface area contributed by atoms with Crippen molar-refractivity contribution >= 4 is 34.7 Å². The third-order valence-corrected chi connectivity index (χ3v) is 3.37. The highest BCUT2D eigenvalue weighted by Crippen LogP contribution is 2.16. The molecule has 6 heteroatoms. The van der Waals surface area contributed by atoms with Crippen LogP contribution in [0.3, 0.4) is 0 Å². The zero-order chi connectivity index (χ0) is 17.4. The van der Waals surface area contributed by atoms with Gasteiger partial charge in [-0.05, 0) is 67.2 Å². The van der Waals surface area contributed by atoms with Crippen molar-refractivity contribution in [3.8, 4) is 5.75 Å². The normalized spacial score (nSPS) is 9.92. The maximum Gasteiger partial charge on any atom is 0.338 e. The second kappa shape index (κ2) is 8.88. The van der Waals surface area contributed by atoms with Crippen molar-refractivity contribution in [3.05, 3.63) is 54.1 Å². The predicted octanol–water partition coefficient (Wildman–Crippen LogP) is 4.07. The van der Waals surface area contributed by atoms with Crippen molar-refractivity contribution in [1.29, 1.82) is 0 Å². The molecule has 0 amide bonds. The first-order chi connectivity index (χ1) is 11.6. The molecule has 0 aliphatic rings. The summed E-state index contributed by atoms with van der Waals surface area (Å²) in [6, 6.07) is 14.4. The highest BCUT2D eigenvalue weighted by molar-refractivity contribution is 7.80. The van der Waals surface area contributed by atoms with Gasteiger partial charge in [-0.15, -0.1) is 0 Å². The third kappa shape index (κ3) is 5.24. The van der Waals surface area contributed by atoms with Crippen LogP contribution in [0, 0.1) is 0 Å². The van der Waals surface area contributed by atoms with Crippen molar-refractivity contribution in [2.75, 3.05) is 24.4 Å². The number of rotatable bonds is 6. The average Bonchev–Trinajstić information content (AvgIpc) is 2.61. The van der Waals surface area contributed by atoms with Gasteiger partial charge in [0.05, 0.1) is 19.3 Å². The Kier molecular flexibility index (Phi) is 6.57. The van der Waals surface area contributed by atoms with Gasteiger partial charge in [-0.2, -0.15) is 0 Å². The minimum Gasteiger partial charge on any atom is -0.497 e. The van der Waals surface area contributed by atoms with Gasteiger partial charge in [-0.1, -0.05) is 6.92 Å². The number of hydrogen-bond acceptors (Lipinski definition) is 4. The summed E-state index contributed by atoms with van der Waals surface area (Å²) in [5, 5.41) is 6.61. The number of nitrogens with one attached hydrogen (secondary N) is 2. The molecule has 2 rings (SSSR count). The molecule has 0 aliphatic heterocycles. The van der Waals surface area contributed by atoms with Gasteiger partial charge in [0, 0.05) is 11.4 Å². The number of thiocarbonyl (C=S) groups is 1. The second-order valence-corrected chi connectivity index (χ2v) is 5.43. The van der Waals surface area contributed by atoms with Gasteiger partial charge < -0.3 is 20.1 Å². The van der Waals surface area contributed by atoms with E-state index >= 15 is 0 Å². The zero-order valence-corrected chi connectivity index (χ0v) is 14.5. The second-order valence-electron chi connectivity index (χ2n) is 5.02. The first kappa shape index (κ1) is 17.7. The molecule has 0 aromatic heterocycles. The molecule has 0 bridgehead atoms. The van der Waals surface area contributed by atoms with Crippen LogP contribution in [0.1, 0.15) is 23.7 Å². The third-order valence-electron chi connectivity index (χ3n) is 3.16. The zero-order valence-electron chi connectivity index (χ0n) is 13.7. The van der Waals surface area contributed by atoms with E-state index in [1.54, 1.807) is 31.4 Å². The summed E-state index contributed by atoms with van der Waals surface area (Å²) in [6.07, 6.45) is 0.802. The Hall–Kier alpha value is -2.60. The van der Waals surface area contributed by atoms with Crippen molar-refractivity contribution in [2.45, 2.75) is 13.3 Å². The van der Waals surface area contributed by atoms with Crippen molar-refractivity contribution < 1.29 is 14.3 Å². The molecule has 0 heterocycles. The minimum absolute atomic E-state index is 0.317. The van der Waals surface area contributed by atoms with Gasteiger partial charge in [-0.3, -0.25) is 0 Å². The Labute approximate surface area is 147 Å². The smallest absolute Gasteiger partial charge is 0.338 e. The van der Waals surface area contributed by atoms with Gasteiger partial charge in [0.25, 0.3) is 0 Å². The van der Waals surface area contributed by atoms with Crippen molar-refractivity contribution in [3.63, 3.8) is 0 Å². The van der Waals surface area contributed by atoms with Crippen molar-refractivity contribution in [2.24, 2.45) is 0 Å². The molecule has 0 saturated carbocycles. The Balaban J connectivity index is 1.90. The fraction of sp³-hybridized carbons (Fsp3) is 0.222. The summed E-state index contributed by atoms with van der Waals surface area (Å²) in [6.45, 7) is 2.38. The summed E-state index contributed by atoms with van der Waals surface area (Å²) in [5.74, 6) is 0.465. The van der Waals surface area contributed by atoms with Gasteiger partial charge >= 0.3 is 5.97 Å². The first-order valence-electron chi connectivity index (χ1n) is 7.61. The maximum absolute atomic E-state index is 11.7. The largest absolute Gasteiger partial charge is 0.497 e. The first-order valence-corrected chi connectivity index (χ1v) is 8.02. The molecule has 24 heavy (non-hydrogen) atoms. The molecule has 0 spiro atoms. The molecule has 126 valence electrons. The quantitative estimate of drug-likeness (QED) is 0.608. The predicted molar refractivity (Wildman–Crippen MR) is 99.9 cm³/mol. The number of carbonyl (C=O) groups excluding carboxylic acids is 1. The van der Waals surface area contributed by atoms with Gasteiger partial charge in [0.2, 0.25) is 0 Å². The molecule has 0 atom stereocenters. The van der Waals surface area contributed by atoms with E-state index in [4.69, 9.17) is 21.7 Å². The van der Waals surface area contributed by atoms with E-state index in [2.05, 4.69) is 10.6 Å². The van der Waals surface area contributed by atoms with Crippen molar-refractivity contribution in [1.82, 2.24) is 0 Å². The van der Waals surface area contributed by atoms with Crippen LogP contribution in [0.5, 0.6) is 5.75 Å². The van der Waals surface area contributed by atoms with E-state index in [0.29, 0.717) is 17.3 Å². The summed E-state index contributed by atoms with van der Waals surface area (Å²) < 4.78 is 10.2. The number of methoxy groups -OCH3 is 1. The number of ether oxygens (including phenoxy) is 2. The van der Waals surface area contributed by atoms with E-state index in [1.165, 1.54) is 0 Å². The van der Waals surface area contributed by atoms with Gasteiger partial charge in [0.1, 0.15) is 5.75 Å². The molecule has 0 aliphatic carbocycles. The molecule has 0 radical (unpaired) electrons. The highest BCUT2D eigenvalue weighted by atomic mass is 32.1. The topological polar surface area (TPSA) is 59.6 Å². The van der Waals surface area contributed by atoms with Crippen LogP contribution in [0.25, 0.3) is 0 Å². The minimum atomic E-state index is -0.317. The number of benzene rings is 2. The molecule has 2 aromatic carbocycles. The molecule has 2 N–H and O–H groups in total. The molecular weight excluding hydrogens is 324 g/mol. The molecule has 0 fully saturated rings. The molecule has 0 unspecified atom stereocenters. The summed E-state index contributed by atoms with van der Waals surface area (Å²) in [5.41, 5.74) is 2.16. The number of hydrogen-bond donors (Lipinski definition) is 2. The standard InChI is InChI=1S/C18H20N2O3S/c1-3-12-23-17(21)13-4-6-14(7-5-13)19-18(24)20-15-8-10-16(22-2)11-9-15/h4-11H,3,12H2,1-2H3,(H2,19,20,24). The number of carbonyl (C=O) groups is 1. The number of esters is 1. The molecule has 5 nitrogen and oxygen atoms in total.